The molecule has 0 radical (unpaired) electrons. The SMILES string of the molecule is CCCCN(CCCC)C(=O)c1cn(-c2ccccc2)nc1-c1ccc(Cl)cc1. The van der Waals surface area contributed by atoms with E-state index in [2.05, 4.69) is 13.8 Å². The predicted octanol–water partition coefficient (Wildman–Crippen LogP) is 6.24. The van der Waals surface area contributed by atoms with E-state index in [1.807, 2.05) is 65.7 Å². The van der Waals surface area contributed by atoms with Crippen molar-refractivity contribution in [2.75, 3.05) is 13.1 Å². The van der Waals surface area contributed by atoms with Gasteiger partial charge in [-0.05, 0) is 37.1 Å². The van der Waals surface area contributed by atoms with Crippen molar-refractivity contribution in [2.24, 2.45) is 0 Å². The predicted molar refractivity (Wildman–Crippen MR) is 120 cm³/mol. The molecule has 1 amide bonds. The zero-order valence-electron chi connectivity index (χ0n) is 17.1. The maximum absolute atomic E-state index is 13.5. The number of aromatic nitrogens is 2. The Bertz CT molecular complexity index is 911. The average Bonchev–Trinajstić information content (AvgIpc) is 3.20. The van der Waals surface area contributed by atoms with E-state index >= 15 is 0 Å². The van der Waals surface area contributed by atoms with Gasteiger partial charge in [0.2, 0.25) is 0 Å². The molecular weight excluding hydrogens is 382 g/mol. The van der Waals surface area contributed by atoms with Gasteiger partial charge in [-0.25, -0.2) is 4.68 Å². The van der Waals surface area contributed by atoms with Gasteiger partial charge < -0.3 is 4.90 Å². The molecule has 0 aliphatic heterocycles. The molecule has 0 aliphatic rings. The largest absolute Gasteiger partial charge is 0.339 e. The molecule has 0 N–H and O–H groups in total. The Morgan fingerprint density at radius 3 is 2.17 bits per heavy atom. The molecule has 5 heteroatoms. The van der Waals surface area contributed by atoms with Gasteiger partial charge in [0.05, 0.1) is 11.3 Å². The summed E-state index contributed by atoms with van der Waals surface area (Å²) >= 11 is 6.07. The zero-order valence-corrected chi connectivity index (χ0v) is 17.9. The first-order valence-corrected chi connectivity index (χ1v) is 10.7. The lowest BCUT2D eigenvalue weighted by molar-refractivity contribution is 0.0752. The van der Waals surface area contributed by atoms with Gasteiger partial charge in [-0.15, -0.1) is 0 Å². The van der Waals surface area contributed by atoms with Crippen molar-refractivity contribution in [3.05, 3.63) is 71.4 Å². The number of unbranched alkanes of at least 4 members (excludes halogenated alkanes) is 2. The van der Waals surface area contributed by atoms with Gasteiger partial charge in [-0.3, -0.25) is 4.79 Å². The van der Waals surface area contributed by atoms with E-state index in [0.29, 0.717) is 16.3 Å². The lowest BCUT2D eigenvalue weighted by Gasteiger charge is -2.22. The summed E-state index contributed by atoms with van der Waals surface area (Å²) < 4.78 is 1.79. The van der Waals surface area contributed by atoms with E-state index in [0.717, 1.165) is 50.0 Å². The molecule has 0 saturated heterocycles. The van der Waals surface area contributed by atoms with Crippen LogP contribution in [0.3, 0.4) is 0 Å². The highest BCUT2D eigenvalue weighted by Gasteiger charge is 2.23. The number of rotatable bonds is 9. The molecule has 1 heterocycles. The second-order valence-electron chi connectivity index (χ2n) is 7.18. The number of halogens is 1. The first kappa shape index (κ1) is 21.1. The normalized spacial score (nSPS) is 10.9. The number of amides is 1. The summed E-state index contributed by atoms with van der Waals surface area (Å²) in [5.74, 6) is 0.0408. The number of hydrogen-bond acceptors (Lipinski definition) is 2. The highest BCUT2D eigenvalue weighted by Crippen LogP contribution is 2.26. The van der Waals surface area contributed by atoms with E-state index in [-0.39, 0.29) is 5.91 Å². The Morgan fingerprint density at radius 1 is 0.966 bits per heavy atom. The summed E-state index contributed by atoms with van der Waals surface area (Å²) in [6.07, 6.45) is 5.97. The number of benzene rings is 2. The minimum atomic E-state index is 0.0408. The lowest BCUT2D eigenvalue weighted by Crippen LogP contribution is -2.33. The van der Waals surface area contributed by atoms with E-state index in [4.69, 9.17) is 16.7 Å². The summed E-state index contributed by atoms with van der Waals surface area (Å²) in [6, 6.07) is 17.4. The average molecular weight is 410 g/mol. The van der Waals surface area contributed by atoms with Gasteiger partial charge in [0, 0.05) is 29.9 Å². The molecule has 3 rings (SSSR count). The van der Waals surface area contributed by atoms with E-state index in [1.54, 1.807) is 4.68 Å². The first-order chi connectivity index (χ1) is 14.1. The molecule has 0 aliphatic carbocycles. The van der Waals surface area contributed by atoms with Crippen molar-refractivity contribution in [2.45, 2.75) is 39.5 Å². The second-order valence-corrected chi connectivity index (χ2v) is 7.61. The molecule has 2 aromatic carbocycles. The molecule has 0 atom stereocenters. The maximum atomic E-state index is 13.5. The van der Waals surface area contributed by atoms with E-state index < -0.39 is 0 Å². The molecule has 0 unspecified atom stereocenters. The Hall–Kier alpha value is -2.59. The van der Waals surface area contributed by atoms with Crippen LogP contribution in [-0.2, 0) is 0 Å². The van der Waals surface area contributed by atoms with Crippen LogP contribution in [0.1, 0.15) is 49.9 Å². The molecule has 29 heavy (non-hydrogen) atoms. The molecule has 0 bridgehead atoms. The van der Waals surface area contributed by atoms with Crippen LogP contribution >= 0.6 is 11.6 Å². The standard InChI is InChI=1S/C24H28ClN3O/c1-3-5-16-27(17-6-4-2)24(29)22-18-28(21-10-8-7-9-11-21)26-23(22)19-12-14-20(25)15-13-19/h7-15,18H,3-6,16-17H2,1-2H3. The van der Waals surface area contributed by atoms with Crippen LogP contribution in [0.15, 0.2) is 60.8 Å². The Kier molecular flexibility index (Phi) is 7.48. The molecule has 3 aromatic rings. The van der Waals surface area contributed by atoms with Gasteiger partial charge in [0.1, 0.15) is 5.69 Å². The van der Waals surface area contributed by atoms with E-state index in [1.165, 1.54) is 0 Å². The van der Waals surface area contributed by atoms with Crippen molar-refractivity contribution in [1.82, 2.24) is 14.7 Å². The molecule has 4 nitrogen and oxygen atoms in total. The Balaban J connectivity index is 2.03. The molecule has 0 spiro atoms. The number of para-hydroxylation sites is 1. The quantitative estimate of drug-likeness (QED) is 0.419. The molecular formula is C24H28ClN3O. The van der Waals surface area contributed by atoms with Crippen LogP contribution in [0.5, 0.6) is 0 Å². The van der Waals surface area contributed by atoms with Gasteiger partial charge in [-0.1, -0.05) is 68.6 Å². The Morgan fingerprint density at radius 2 is 1.59 bits per heavy atom. The van der Waals surface area contributed by atoms with Gasteiger partial charge >= 0.3 is 0 Å². The topological polar surface area (TPSA) is 38.1 Å². The minimum Gasteiger partial charge on any atom is -0.339 e. The summed E-state index contributed by atoms with van der Waals surface area (Å²) in [4.78, 5) is 15.5. The van der Waals surface area contributed by atoms with Crippen molar-refractivity contribution in [3.63, 3.8) is 0 Å². The van der Waals surface area contributed by atoms with Crippen LogP contribution < -0.4 is 0 Å². The second kappa shape index (κ2) is 10.3. The third-order valence-electron chi connectivity index (χ3n) is 4.93. The monoisotopic (exact) mass is 409 g/mol. The fourth-order valence-electron chi connectivity index (χ4n) is 3.25. The van der Waals surface area contributed by atoms with Crippen molar-refractivity contribution in [3.8, 4) is 16.9 Å². The summed E-state index contributed by atoms with van der Waals surface area (Å²) in [7, 11) is 0. The molecule has 1 aromatic heterocycles. The highest BCUT2D eigenvalue weighted by atomic mass is 35.5. The fourth-order valence-corrected chi connectivity index (χ4v) is 3.37. The van der Waals surface area contributed by atoms with Crippen LogP contribution in [-0.4, -0.2) is 33.7 Å². The molecule has 0 fully saturated rings. The number of carbonyl (C=O) groups excluding carboxylic acids is 1. The van der Waals surface area contributed by atoms with Crippen LogP contribution in [0, 0.1) is 0 Å². The third-order valence-corrected chi connectivity index (χ3v) is 5.19. The maximum Gasteiger partial charge on any atom is 0.257 e. The van der Waals surface area contributed by atoms with Crippen molar-refractivity contribution >= 4 is 17.5 Å². The summed E-state index contributed by atoms with van der Waals surface area (Å²) in [6.45, 7) is 5.84. The molecule has 152 valence electrons. The highest BCUT2D eigenvalue weighted by molar-refractivity contribution is 6.30. The van der Waals surface area contributed by atoms with Crippen LogP contribution in [0.25, 0.3) is 16.9 Å². The minimum absolute atomic E-state index is 0.0408. The van der Waals surface area contributed by atoms with Gasteiger partial charge in [-0.2, -0.15) is 5.10 Å². The summed E-state index contributed by atoms with van der Waals surface area (Å²) in [5, 5.41) is 5.43. The van der Waals surface area contributed by atoms with Gasteiger partial charge in [0.25, 0.3) is 5.91 Å². The van der Waals surface area contributed by atoms with E-state index in [9.17, 15) is 4.79 Å². The van der Waals surface area contributed by atoms with Crippen LogP contribution in [0.4, 0.5) is 0 Å². The third kappa shape index (κ3) is 5.27. The zero-order chi connectivity index (χ0) is 20.6. The Labute approximate surface area is 178 Å². The smallest absolute Gasteiger partial charge is 0.257 e. The van der Waals surface area contributed by atoms with Crippen LogP contribution in [0.2, 0.25) is 5.02 Å². The van der Waals surface area contributed by atoms with Gasteiger partial charge in [0.15, 0.2) is 0 Å². The first-order valence-electron chi connectivity index (χ1n) is 10.3. The fraction of sp³-hybridized carbons (Fsp3) is 0.333. The lowest BCUT2D eigenvalue weighted by atomic mass is 10.1. The molecule has 0 saturated carbocycles. The number of hydrogen-bond donors (Lipinski definition) is 0. The summed E-state index contributed by atoms with van der Waals surface area (Å²) in [5.41, 5.74) is 3.13. The van der Waals surface area contributed by atoms with Crippen molar-refractivity contribution in [1.29, 1.82) is 0 Å². The number of nitrogens with zero attached hydrogens (tertiary/aromatic N) is 3. The van der Waals surface area contributed by atoms with Crippen molar-refractivity contribution < 1.29 is 4.79 Å². The number of carbonyl (C=O) groups is 1.